The van der Waals surface area contributed by atoms with E-state index in [1.165, 1.54) is 6.92 Å². The lowest BCUT2D eigenvalue weighted by Gasteiger charge is -2.05. The van der Waals surface area contributed by atoms with E-state index in [2.05, 4.69) is 9.47 Å². The van der Waals surface area contributed by atoms with Crippen molar-refractivity contribution in [1.29, 1.82) is 0 Å². The second kappa shape index (κ2) is 5.36. The molecule has 6 nitrogen and oxygen atoms in total. The Morgan fingerprint density at radius 3 is 2.25 bits per heavy atom. The van der Waals surface area contributed by atoms with E-state index in [9.17, 15) is 9.59 Å². The molecule has 1 unspecified atom stereocenters. The Labute approximate surface area is 68.7 Å². The average Bonchev–Trinajstić information content (AvgIpc) is 1.97. The maximum absolute atomic E-state index is 10.5. The van der Waals surface area contributed by atoms with Crippen molar-refractivity contribution in [2.45, 2.75) is 13.0 Å². The summed E-state index contributed by atoms with van der Waals surface area (Å²) in [4.78, 5) is 20.3. The van der Waals surface area contributed by atoms with Crippen LogP contribution in [0.4, 0.5) is 4.79 Å². The molecule has 0 aromatic rings. The highest BCUT2D eigenvalue weighted by atomic mass is 16.7. The minimum absolute atomic E-state index is 0.184. The van der Waals surface area contributed by atoms with Crippen molar-refractivity contribution in [2.24, 2.45) is 0 Å². The van der Waals surface area contributed by atoms with E-state index in [0.29, 0.717) is 0 Å². The van der Waals surface area contributed by atoms with Crippen molar-refractivity contribution in [3.63, 3.8) is 0 Å². The zero-order valence-electron chi connectivity index (χ0n) is 6.52. The van der Waals surface area contributed by atoms with Gasteiger partial charge in [0.25, 0.3) is 0 Å². The van der Waals surface area contributed by atoms with E-state index in [4.69, 9.17) is 10.2 Å². The summed E-state index contributed by atoms with van der Waals surface area (Å²) in [6.07, 6.45) is -2.63. The van der Waals surface area contributed by atoms with Gasteiger partial charge in [0.2, 0.25) is 0 Å². The van der Waals surface area contributed by atoms with Crippen LogP contribution in [-0.2, 0) is 14.3 Å². The summed E-state index contributed by atoms with van der Waals surface area (Å²) in [5.74, 6) is -0.802. The van der Waals surface area contributed by atoms with Crippen molar-refractivity contribution in [3.8, 4) is 0 Å². The molecule has 0 spiro atoms. The highest BCUT2D eigenvalue weighted by Gasteiger charge is 2.09. The molecule has 0 saturated heterocycles. The third kappa shape index (κ3) is 5.48. The van der Waals surface area contributed by atoms with Crippen LogP contribution in [-0.4, -0.2) is 41.7 Å². The second-order valence-electron chi connectivity index (χ2n) is 1.96. The highest BCUT2D eigenvalue weighted by molar-refractivity contribution is 5.73. The summed E-state index contributed by atoms with van der Waals surface area (Å²) in [5.41, 5.74) is 0. The van der Waals surface area contributed by atoms with Crippen LogP contribution < -0.4 is 0 Å². The third-order valence-electron chi connectivity index (χ3n) is 0.894. The molecule has 0 aliphatic rings. The van der Waals surface area contributed by atoms with Crippen molar-refractivity contribution < 1.29 is 29.3 Å². The van der Waals surface area contributed by atoms with Gasteiger partial charge in [0, 0.05) is 0 Å². The van der Waals surface area contributed by atoms with Gasteiger partial charge in [0.05, 0.1) is 0 Å². The number of aliphatic hydroxyl groups excluding tert-OH is 1. The topological polar surface area (TPSA) is 93.1 Å². The summed E-state index contributed by atoms with van der Waals surface area (Å²) in [7, 11) is 0. The summed E-state index contributed by atoms with van der Waals surface area (Å²) in [6.45, 7) is 0.838. The molecule has 0 aromatic carbocycles. The Hall–Kier alpha value is -1.30. The normalized spacial score (nSPS) is 11.8. The van der Waals surface area contributed by atoms with Crippen LogP contribution in [0.3, 0.4) is 0 Å². The van der Waals surface area contributed by atoms with E-state index < -0.39 is 18.2 Å². The van der Waals surface area contributed by atoms with Crippen molar-refractivity contribution >= 4 is 12.1 Å². The van der Waals surface area contributed by atoms with Gasteiger partial charge in [0.15, 0.2) is 0 Å². The first-order valence-corrected chi connectivity index (χ1v) is 3.24. The van der Waals surface area contributed by atoms with Crippen LogP contribution in [0, 0.1) is 0 Å². The molecule has 0 heterocycles. The number of hydrogen-bond donors (Lipinski definition) is 2. The first-order chi connectivity index (χ1) is 5.54. The lowest BCUT2D eigenvalue weighted by Crippen LogP contribution is -2.21. The largest absolute Gasteiger partial charge is 0.505 e. The molecule has 2 N–H and O–H groups in total. The zero-order valence-corrected chi connectivity index (χ0v) is 6.52. The molecule has 0 bridgehead atoms. The van der Waals surface area contributed by atoms with Crippen LogP contribution in [0.25, 0.3) is 0 Å². The number of carboxylic acid groups (broad SMARTS) is 1. The lowest BCUT2D eigenvalue weighted by molar-refractivity contribution is -0.153. The fraction of sp³-hybridized carbons (Fsp3) is 0.667. The molecule has 70 valence electrons. The minimum atomic E-state index is -1.43. The van der Waals surface area contributed by atoms with Crippen LogP contribution >= 0.6 is 0 Å². The molecule has 0 fully saturated rings. The fourth-order valence-corrected chi connectivity index (χ4v) is 0.392. The second-order valence-corrected chi connectivity index (χ2v) is 1.96. The van der Waals surface area contributed by atoms with E-state index >= 15 is 0 Å². The van der Waals surface area contributed by atoms with Gasteiger partial charge < -0.3 is 19.7 Å². The maximum Gasteiger partial charge on any atom is 0.505 e. The molecule has 0 amide bonds. The molecule has 0 aromatic heterocycles. The van der Waals surface area contributed by atoms with Crippen LogP contribution in [0.2, 0.25) is 0 Å². The average molecular weight is 178 g/mol. The predicted octanol–water partition coefficient (Wildman–Crippen LogP) is -0.395. The Morgan fingerprint density at radius 2 is 1.83 bits per heavy atom. The number of carbonyl (C=O) groups excluding carboxylic acids is 1. The van der Waals surface area contributed by atoms with Gasteiger partial charge in [-0.05, 0) is 6.92 Å². The molecule has 0 rings (SSSR count). The molecular weight excluding hydrogens is 168 g/mol. The Balaban J connectivity index is 3.32. The van der Waals surface area contributed by atoms with E-state index in [1.807, 2.05) is 0 Å². The summed E-state index contributed by atoms with van der Waals surface area (Å²) in [5, 5.41) is 16.6. The maximum atomic E-state index is 10.5. The van der Waals surface area contributed by atoms with Gasteiger partial charge in [-0.2, -0.15) is 0 Å². The Bertz CT molecular complexity index is 163. The summed E-state index contributed by atoms with van der Waals surface area (Å²) in [6, 6.07) is 0. The third-order valence-corrected chi connectivity index (χ3v) is 0.894. The SMILES string of the molecule is CC(O)C(=O)OCCOC(=O)O. The Kier molecular flexibility index (Phi) is 4.78. The first-order valence-electron chi connectivity index (χ1n) is 3.24. The summed E-state index contributed by atoms with van der Waals surface area (Å²) >= 11 is 0. The quantitative estimate of drug-likeness (QED) is 0.449. The van der Waals surface area contributed by atoms with Crippen LogP contribution in [0.15, 0.2) is 0 Å². The van der Waals surface area contributed by atoms with Crippen LogP contribution in [0.5, 0.6) is 0 Å². The zero-order chi connectivity index (χ0) is 9.56. The predicted molar refractivity (Wildman–Crippen MR) is 36.6 cm³/mol. The highest BCUT2D eigenvalue weighted by Crippen LogP contribution is 1.86. The monoisotopic (exact) mass is 178 g/mol. The Morgan fingerprint density at radius 1 is 1.33 bits per heavy atom. The van der Waals surface area contributed by atoms with Gasteiger partial charge in [-0.15, -0.1) is 0 Å². The standard InChI is InChI=1S/C6H10O6/c1-4(7)5(8)11-2-3-12-6(9)10/h4,7H,2-3H2,1H3,(H,9,10). The van der Waals surface area contributed by atoms with Gasteiger partial charge in [0.1, 0.15) is 19.3 Å². The number of aliphatic hydroxyl groups is 1. The van der Waals surface area contributed by atoms with Gasteiger partial charge in [-0.1, -0.05) is 0 Å². The molecule has 1 atom stereocenters. The van der Waals surface area contributed by atoms with E-state index in [1.54, 1.807) is 0 Å². The molecular formula is C6H10O6. The fourth-order valence-electron chi connectivity index (χ4n) is 0.392. The van der Waals surface area contributed by atoms with E-state index in [-0.39, 0.29) is 13.2 Å². The molecule has 12 heavy (non-hydrogen) atoms. The van der Waals surface area contributed by atoms with E-state index in [0.717, 1.165) is 0 Å². The van der Waals surface area contributed by atoms with Gasteiger partial charge >= 0.3 is 12.1 Å². The lowest BCUT2D eigenvalue weighted by atomic mass is 10.4. The number of rotatable bonds is 4. The summed E-state index contributed by atoms with van der Waals surface area (Å²) < 4.78 is 8.41. The molecule has 0 aliphatic heterocycles. The van der Waals surface area contributed by atoms with Gasteiger partial charge in [-0.25, -0.2) is 9.59 Å². The smallest absolute Gasteiger partial charge is 0.460 e. The minimum Gasteiger partial charge on any atom is -0.460 e. The number of carbonyl (C=O) groups is 2. The molecule has 0 aliphatic carbocycles. The van der Waals surface area contributed by atoms with Crippen molar-refractivity contribution in [1.82, 2.24) is 0 Å². The van der Waals surface area contributed by atoms with Gasteiger partial charge in [-0.3, -0.25) is 0 Å². The van der Waals surface area contributed by atoms with Crippen LogP contribution in [0.1, 0.15) is 6.92 Å². The molecule has 6 heteroatoms. The number of esters is 1. The van der Waals surface area contributed by atoms with Crippen molar-refractivity contribution in [2.75, 3.05) is 13.2 Å². The number of hydrogen-bond acceptors (Lipinski definition) is 5. The molecule has 0 radical (unpaired) electrons. The number of ether oxygens (including phenoxy) is 2. The first kappa shape index (κ1) is 10.7. The molecule has 0 saturated carbocycles. The van der Waals surface area contributed by atoms with Crippen molar-refractivity contribution in [3.05, 3.63) is 0 Å².